The van der Waals surface area contributed by atoms with Gasteiger partial charge in [-0.2, -0.15) is 0 Å². The first kappa shape index (κ1) is 45.8. The molecule has 0 spiro atoms. The lowest BCUT2D eigenvalue weighted by atomic mass is 10.0. The van der Waals surface area contributed by atoms with Crippen molar-refractivity contribution in [3.05, 3.63) is 24.5 Å². The first-order valence-electron chi connectivity index (χ1n) is 19.1. The Balaban J connectivity index is 4.36. The van der Waals surface area contributed by atoms with Crippen LogP contribution in [0.3, 0.4) is 0 Å². The van der Waals surface area contributed by atoms with E-state index in [2.05, 4.69) is 26.0 Å². The van der Waals surface area contributed by atoms with Crippen LogP contribution in [0.2, 0.25) is 0 Å². The average molecular weight is 689 g/mol. The number of phosphoric ester groups is 1. The molecule has 1 unspecified atom stereocenters. The van der Waals surface area contributed by atoms with Crippen LogP contribution in [-0.4, -0.2) is 69.0 Å². The molecule has 0 aliphatic carbocycles. The third kappa shape index (κ3) is 35.9. The monoisotopic (exact) mass is 689 g/mol. The minimum Gasteiger partial charge on any atom is -0.498 e. The van der Waals surface area contributed by atoms with Crippen LogP contribution >= 0.6 is 7.82 Å². The molecule has 0 aromatic heterocycles. The van der Waals surface area contributed by atoms with Crippen LogP contribution < -0.4 is 0 Å². The predicted octanol–water partition coefficient (Wildman–Crippen LogP) is 10.8. The fourth-order valence-electron chi connectivity index (χ4n) is 5.03. The Hall–Kier alpha value is -1.18. The molecule has 0 heterocycles. The fraction of sp³-hybridized carbons (Fsp3) is 0.868. The fourth-order valence-corrected chi connectivity index (χ4v) is 5.77. The molecule has 0 radical (unpaired) electrons. The van der Waals surface area contributed by atoms with E-state index >= 15 is 0 Å². The number of esters is 1. The highest BCUT2D eigenvalue weighted by molar-refractivity contribution is 7.47. The third-order valence-corrected chi connectivity index (χ3v) is 9.06. The number of hydrogen-bond donors (Lipinski definition) is 1. The standard InChI is InChI=1S/C38H74NO7P/c1-6-8-10-12-14-16-18-19-20-22-24-26-28-30-33-43-35-37(36-45-47(41,42)44-34-32-39(3,4)5)46-38(40)31-29-27-25-23-21-17-15-13-11-9-7-2/h13,15,30,33,37H,6-12,14,16-29,31-32,34-36H2,1-5H3/p+1/b15-13+,33-30+/t37-/m1/s1. The Morgan fingerprint density at radius 2 is 1.15 bits per heavy atom. The summed E-state index contributed by atoms with van der Waals surface area (Å²) in [5, 5.41) is 0. The lowest BCUT2D eigenvalue weighted by molar-refractivity contribution is -0.870. The van der Waals surface area contributed by atoms with E-state index in [1.807, 2.05) is 27.2 Å². The smallest absolute Gasteiger partial charge is 0.472 e. The maximum absolute atomic E-state index is 12.6. The van der Waals surface area contributed by atoms with Gasteiger partial charge in [0.1, 0.15) is 19.8 Å². The van der Waals surface area contributed by atoms with Crippen LogP contribution in [0.15, 0.2) is 24.5 Å². The third-order valence-electron chi connectivity index (χ3n) is 8.08. The van der Waals surface area contributed by atoms with Gasteiger partial charge in [-0.3, -0.25) is 13.8 Å². The zero-order chi connectivity index (χ0) is 34.9. The second-order valence-electron chi connectivity index (χ2n) is 14.0. The van der Waals surface area contributed by atoms with Gasteiger partial charge in [-0.05, 0) is 44.6 Å². The second-order valence-corrected chi connectivity index (χ2v) is 15.5. The lowest BCUT2D eigenvalue weighted by Gasteiger charge is -2.24. The Morgan fingerprint density at radius 1 is 0.660 bits per heavy atom. The van der Waals surface area contributed by atoms with Gasteiger partial charge in [-0.15, -0.1) is 0 Å². The molecule has 9 heteroatoms. The second kappa shape index (κ2) is 32.0. The molecule has 47 heavy (non-hydrogen) atoms. The molecule has 0 aliphatic heterocycles. The van der Waals surface area contributed by atoms with Crippen LogP contribution in [0.25, 0.3) is 0 Å². The molecule has 0 aromatic carbocycles. The van der Waals surface area contributed by atoms with Gasteiger partial charge < -0.3 is 18.9 Å². The molecule has 0 saturated carbocycles. The van der Waals surface area contributed by atoms with E-state index in [9.17, 15) is 14.3 Å². The summed E-state index contributed by atoms with van der Waals surface area (Å²) in [5.41, 5.74) is 0. The summed E-state index contributed by atoms with van der Waals surface area (Å²) in [6, 6.07) is 0. The van der Waals surface area contributed by atoms with Crippen molar-refractivity contribution >= 4 is 13.8 Å². The maximum atomic E-state index is 12.6. The Bertz CT molecular complexity index is 812. The van der Waals surface area contributed by atoms with Crippen molar-refractivity contribution < 1.29 is 37.3 Å². The summed E-state index contributed by atoms with van der Waals surface area (Å²) >= 11 is 0. The van der Waals surface area contributed by atoms with Crippen LogP contribution in [0, 0.1) is 0 Å². The number of carbonyl (C=O) groups is 1. The minimum atomic E-state index is -4.28. The molecule has 1 N–H and O–H groups in total. The highest BCUT2D eigenvalue weighted by atomic mass is 31.2. The molecule has 0 bridgehead atoms. The molecule has 0 aliphatic rings. The van der Waals surface area contributed by atoms with Gasteiger partial charge in [0.05, 0.1) is 34.0 Å². The minimum absolute atomic E-state index is 0.0470. The molecule has 0 rings (SSSR count). The number of ether oxygens (including phenoxy) is 2. The number of unbranched alkanes of at least 4 members (excludes halogenated alkanes) is 19. The zero-order valence-corrected chi connectivity index (χ0v) is 32.2. The van der Waals surface area contributed by atoms with Gasteiger partial charge in [0.25, 0.3) is 0 Å². The molecule has 0 amide bonds. The average Bonchev–Trinajstić information content (AvgIpc) is 3.01. The van der Waals surface area contributed by atoms with Crippen molar-refractivity contribution in [2.75, 3.05) is 47.5 Å². The number of likely N-dealkylation sites (N-methyl/N-ethyl adjacent to an activating group) is 1. The van der Waals surface area contributed by atoms with E-state index < -0.39 is 13.9 Å². The summed E-state index contributed by atoms with van der Waals surface area (Å²) in [6.45, 7) is 4.87. The van der Waals surface area contributed by atoms with E-state index in [0.29, 0.717) is 17.4 Å². The Labute approximate surface area is 290 Å². The summed E-state index contributed by atoms with van der Waals surface area (Å²) in [6.07, 6.45) is 34.4. The molecular formula is C38H75NO7P+. The quantitative estimate of drug-likeness (QED) is 0.0177. The van der Waals surface area contributed by atoms with Gasteiger partial charge in [-0.25, -0.2) is 4.57 Å². The Morgan fingerprint density at radius 3 is 1.70 bits per heavy atom. The van der Waals surface area contributed by atoms with Crippen molar-refractivity contribution in [3.63, 3.8) is 0 Å². The number of hydrogen-bond acceptors (Lipinski definition) is 6. The number of carbonyl (C=O) groups excluding carboxylic acids is 1. The van der Waals surface area contributed by atoms with E-state index in [-0.39, 0.29) is 25.8 Å². The van der Waals surface area contributed by atoms with E-state index in [4.69, 9.17) is 18.5 Å². The zero-order valence-electron chi connectivity index (χ0n) is 31.3. The lowest BCUT2D eigenvalue weighted by Crippen LogP contribution is -2.37. The largest absolute Gasteiger partial charge is 0.498 e. The van der Waals surface area contributed by atoms with E-state index in [1.165, 1.54) is 96.3 Å². The van der Waals surface area contributed by atoms with Crippen LogP contribution in [0.4, 0.5) is 0 Å². The predicted molar refractivity (Wildman–Crippen MR) is 196 cm³/mol. The van der Waals surface area contributed by atoms with Gasteiger partial charge in [0.2, 0.25) is 0 Å². The van der Waals surface area contributed by atoms with Gasteiger partial charge in [0.15, 0.2) is 6.10 Å². The number of phosphoric acid groups is 1. The summed E-state index contributed by atoms with van der Waals surface area (Å²) in [7, 11) is 1.63. The number of quaternary nitrogens is 1. The highest BCUT2D eigenvalue weighted by Gasteiger charge is 2.26. The van der Waals surface area contributed by atoms with Crippen molar-refractivity contribution in [3.8, 4) is 0 Å². The molecule has 8 nitrogen and oxygen atoms in total. The van der Waals surface area contributed by atoms with Crippen molar-refractivity contribution in [1.29, 1.82) is 0 Å². The van der Waals surface area contributed by atoms with Gasteiger partial charge in [-0.1, -0.05) is 129 Å². The van der Waals surface area contributed by atoms with E-state index in [1.54, 1.807) is 6.26 Å². The molecule has 0 fully saturated rings. The molecule has 278 valence electrons. The topological polar surface area (TPSA) is 91.3 Å². The van der Waals surface area contributed by atoms with E-state index in [0.717, 1.165) is 44.9 Å². The highest BCUT2D eigenvalue weighted by Crippen LogP contribution is 2.43. The molecular weight excluding hydrogens is 613 g/mol. The maximum Gasteiger partial charge on any atom is 0.472 e. The first-order chi connectivity index (χ1) is 22.6. The molecule has 2 atom stereocenters. The normalized spacial score (nSPS) is 14.2. The Kier molecular flexibility index (Phi) is 31.2. The van der Waals surface area contributed by atoms with Crippen LogP contribution in [0.5, 0.6) is 0 Å². The molecule has 0 saturated heterocycles. The first-order valence-corrected chi connectivity index (χ1v) is 20.6. The van der Waals surface area contributed by atoms with Gasteiger partial charge in [0, 0.05) is 6.42 Å². The van der Waals surface area contributed by atoms with Crippen molar-refractivity contribution in [1.82, 2.24) is 0 Å². The van der Waals surface area contributed by atoms with Crippen molar-refractivity contribution in [2.45, 2.75) is 168 Å². The summed E-state index contributed by atoms with van der Waals surface area (Å²) < 4.78 is 34.5. The van der Waals surface area contributed by atoms with Crippen LogP contribution in [0.1, 0.15) is 162 Å². The number of nitrogens with zero attached hydrogens (tertiary/aromatic N) is 1. The number of allylic oxidation sites excluding steroid dienone is 3. The van der Waals surface area contributed by atoms with Crippen LogP contribution in [-0.2, 0) is 27.9 Å². The summed E-state index contributed by atoms with van der Waals surface area (Å²) in [4.78, 5) is 22.7. The van der Waals surface area contributed by atoms with Gasteiger partial charge >= 0.3 is 13.8 Å². The summed E-state index contributed by atoms with van der Waals surface area (Å²) in [5.74, 6) is -0.347. The van der Waals surface area contributed by atoms with Crippen molar-refractivity contribution in [2.24, 2.45) is 0 Å². The SMILES string of the molecule is CCCC/C=C/CCCCCCCC(=O)O[C@H](CO/C=C/CCCCCCCCCCCCCC)COP(=O)(O)OCC[N+](C)(C)C. The molecule has 0 aromatic rings. The number of rotatable bonds is 35.